The van der Waals surface area contributed by atoms with Gasteiger partial charge in [-0.3, -0.25) is 4.79 Å². The Morgan fingerprint density at radius 3 is 2.60 bits per heavy atom. The summed E-state index contributed by atoms with van der Waals surface area (Å²) in [6, 6.07) is 7.45. The summed E-state index contributed by atoms with van der Waals surface area (Å²) in [5.74, 6) is 0.709. The van der Waals surface area contributed by atoms with Crippen LogP contribution >= 0.6 is 0 Å². The number of carbonyl (C=O) groups is 2. The van der Waals surface area contributed by atoms with Crippen molar-refractivity contribution in [1.82, 2.24) is 5.16 Å². The van der Waals surface area contributed by atoms with Crippen LogP contribution in [0.2, 0.25) is 0 Å². The molecule has 0 aliphatic carbocycles. The molecule has 1 aromatic carbocycles. The molecule has 1 aromatic heterocycles. The van der Waals surface area contributed by atoms with Crippen LogP contribution in [0.5, 0.6) is 5.75 Å². The minimum absolute atomic E-state index is 0.265. The number of hydrogen-bond donors (Lipinski definition) is 1. The first-order valence-corrected chi connectivity index (χ1v) is 7.97. The van der Waals surface area contributed by atoms with E-state index in [0.29, 0.717) is 17.4 Å². The maximum atomic E-state index is 11.7. The molecule has 1 amide bonds. The first-order valence-electron chi connectivity index (χ1n) is 7.97. The average molecular weight is 346 g/mol. The van der Waals surface area contributed by atoms with Gasteiger partial charge in [-0.25, -0.2) is 4.79 Å². The zero-order valence-corrected chi connectivity index (χ0v) is 14.8. The molecule has 1 N–H and O–H groups in total. The molecule has 1 heterocycles. The minimum atomic E-state index is -0.624. The summed E-state index contributed by atoms with van der Waals surface area (Å²) in [5.41, 5.74) is 2.05. The lowest BCUT2D eigenvalue weighted by Gasteiger charge is -2.12. The lowest BCUT2D eigenvalue weighted by atomic mass is 10.0. The van der Waals surface area contributed by atoms with Gasteiger partial charge in [0, 0.05) is 6.07 Å². The average Bonchev–Trinajstić information content (AvgIpc) is 2.96. The summed E-state index contributed by atoms with van der Waals surface area (Å²) in [6.45, 7) is 7.08. The second kappa shape index (κ2) is 8.32. The molecule has 0 atom stereocenters. The molecule has 0 unspecified atom stereocenters. The number of ether oxygens (including phenoxy) is 2. The first-order chi connectivity index (χ1) is 11.8. The van der Waals surface area contributed by atoms with E-state index in [1.165, 1.54) is 0 Å². The van der Waals surface area contributed by atoms with Crippen LogP contribution < -0.4 is 10.1 Å². The first kappa shape index (κ1) is 18.5. The topological polar surface area (TPSA) is 90.7 Å². The number of rotatable bonds is 7. The SMILES string of the molecule is Cc1cc(NC(=O)COC(=O)COc2cc(C(C)C)ccc2C)no1. The van der Waals surface area contributed by atoms with Gasteiger partial charge in [-0.2, -0.15) is 0 Å². The summed E-state index contributed by atoms with van der Waals surface area (Å²) in [7, 11) is 0. The van der Waals surface area contributed by atoms with E-state index >= 15 is 0 Å². The zero-order valence-electron chi connectivity index (χ0n) is 14.8. The molecule has 7 nitrogen and oxygen atoms in total. The molecule has 0 spiro atoms. The number of benzene rings is 1. The van der Waals surface area contributed by atoms with Crippen LogP contribution in [-0.4, -0.2) is 30.2 Å². The van der Waals surface area contributed by atoms with Crippen LogP contribution in [0.25, 0.3) is 0 Å². The van der Waals surface area contributed by atoms with Gasteiger partial charge >= 0.3 is 5.97 Å². The van der Waals surface area contributed by atoms with Crippen molar-refractivity contribution in [3.05, 3.63) is 41.2 Å². The number of carbonyl (C=O) groups excluding carboxylic acids is 2. The van der Waals surface area contributed by atoms with E-state index < -0.39 is 18.5 Å². The fourth-order valence-corrected chi connectivity index (χ4v) is 2.06. The number of nitrogens with zero attached hydrogens (tertiary/aromatic N) is 1. The summed E-state index contributed by atoms with van der Waals surface area (Å²) in [5, 5.41) is 6.08. The molecule has 2 rings (SSSR count). The van der Waals surface area contributed by atoms with E-state index in [1.807, 2.05) is 25.1 Å². The highest BCUT2D eigenvalue weighted by atomic mass is 16.6. The number of esters is 1. The van der Waals surface area contributed by atoms with Crippen LogP contribution in [0.3, 0.4) is 0 Å². The Morgan fingerprint density at radius 1 is 1.20 bits per heavy atom. The van der Waals surface area contributed by atoms with Crippen LogP contribution in [0, 0.1) is 13.8 Å². The Kier molecular flexibility index (Phi) is 6.16. The van der Waals surface area contributed by atoms with Crippen molar-refractivity contribution in [3.8, 4) is 5.75 Å². The molecule has 0 saturated heterocycles. The summed E-state index contributed by atoms with van der Waals surface area (Å²) in [6.07, 6.45) is 0. The van der Waals surface area contributed by atoms with Crippen LogP contribution in [-0.2, 0) is 14.3 Å². The second-order valence-electron chi connectivity index (χ2n) is 6.00. The molecule has 2 aromatic rings. The van der Waals surface area contributed by atoms with Crippen molar-refractivity contribution in [2.24, 2.45) is 0 Å². The molecule has 0 fully saturated rings. The maximum absolute atomic E-state index is 11.7. The third-order valence-electron chi connectivity index (χ3n) is 3.48. The van der Waals surface area contributed by atoms with Crippen molar-refractivity contribution in [3.63, 3.8) is 0 Å². The van der Waals surface area contributed by atoms with Crippen LogP contribution in [0.15, 0.2) is 28.8 Å². The molecule has 0 aliphatic heterocycles. The minimum Gasteiger partial charge on any atom is -0.482 e. The largest absolute Gasteiger partial charge is 0.482 e. The maximum Gasteiger partial charge on any atom is 0.344 e. The number of aryl methyl sites for hydroxylation is 2. The van der Waals surface area contributed by atoms with Gasteiger partial charge in [-0.1, -0.05) is 31.1 Å². The molecule has 0 saturated carbocycles. The Morgan fingerprint density at radius 2 is 1.96 bits per heavy atom. The van der Waals surface area contributed by atoms with E-state index in [1.54, 1.807) is 13.0 Å². The van der Waals surface area contributed by atoms with Crippen molar-refractivity contribution >= 4 is 17.7 Å². The lowest BCUT2D eigenvalue weighted by molar-refractivity contribution is -0.149. The zero-order chi connectivity index (χ0) is 18.4. The molecule has 134 valence electrons. The third-order valence-corrected chi connectivity index (χ3v) is 3.48. The van der Waals surface area contributed by atoms with Gasteiger partial charge in [-0.05, 0) is 37.0 Å². The van der Waals surface area contributed by atoms with E-state index in [9.17, 15) is 9.59 Å². The fraction of sp³-hybridized carbons (Fsp3) is 0.389. The van der Waals surface area contributed by atoms with Crippen molar-refractivity contribution < 1.29 is 23.6 Å². The molecule has 0 bridgehead atoms. The van der Waals surface area contributed by atoms with Crippen molar-refractivity contribution in [2.75, 3.05) is 18.5 Å². The molecular weight excluding hydrogens is 324 g/mol. The predicted molar refractivity (Wildman–Crippen MR) is 91.6 cm³/mol. The molecule has 0 aliphatic rings. The highest BCUT2D eigenvalue weighted by molar-refractivity contribution is 5.91. The van der Waals surface area contributed by atoms with Gasteiger partial charge in [0.15, 0.2) is 19.0 Å². The van der Waals surface area contributed by atoms with Gasteiger partial charge in [0.1, 0.15) is 11.5 Å². The van der Waals surface area contributed by atoms with Crippen LogP contribution in [0.4, 0.5) is 5.82 Å². The van der Waals surface area contributed by atoms with E-state index in [2.05, 4.69) is 24.3 Å². The van der Waals surface area contributed by atoms with Crippen molar-refractivity contribution in [1.29, 1.82) is 0 Å². The Balaban J connectivity index is 1.79. The summed E-state index contributed by atoms with van der Waals surface area (Å²) in [4.78, 5) is 23.4. The predicted octanol–water partition coefficient (Wildman–Crippen LogP) is 2.98. The normalized spacial score (nSPS) is 10.6. The number of aromatic nitrogens is 1. The summed E-state index contributed by atoms with van der Waals surface area (Å²) < 4.78 is 15.2. The highest BCUT2D eigenvalue weighted by Gasteiger charge is 2.12. The number of nitrogens with one attached hydrogen (secondary N) is 1. The standard InChI is InChI=1S/C18H22N2O5/c1-11(2)14-6-5-12(3)15(8-14)23-10-18(22)24-9-17(21)19-16-7-13(4)25-20-16/h5-8,11H,9-10H2,1-4H3,(H,19,20,21). The van der Waals surface area contributed by atoms with Crippen LogP contribution in [0.1, 0.15) is 36.7 Å². The monoisotopic (exact) mass is 346 g/mol. The number of hydrogen-bond acceptors (Lipinski definition) is 6. The van der Waals surface area contributed by atoms with Gasteiger partial charge in [-0.15, -0.1) is 0 Å². The molecule has 0 radical (unpaired) electrons. The van der Waals surface area contributed by atoms with E-state index in [-0.39, 0.29) is 12.4 Å². The van der Waals surface area contributed by atoms with Gasteiger partial charge in [0.05, 0.1) is 0 Å². The molecular formula is C18H22N2O5. The lowest BCUT2D eigenvalue weighted by Crippen LogP contribution is -2.23. The van der Waals surface area contributed by atoms with Gasteiger partial charge in [0.2, 0.25) is 0 Å². The van der Waals surface area contributed by atoms with Gasteiger partial charge < -0.3 is 19.3 Å². The number of amides is 1. The highest BCUT2D eigenvalue weighted by Crippen LogP contribution is 2.24. The number of anilines is 1. The molecule has 25 heavy (non-hydrogen) atoms. The third kappa shape index (κ3) is 5.63. The fourth-order valence-electron chi connectivity index (χ4n) is 2.06. The van der Waals surface area contributed by atoms with E-state index in [4.69, 9.17) is 14.0 Å². The Labute approximate surface area is 146 Å². The van der Waals surface area contributed by atoms with Crippen molar-refractivity contribution in [2.45, 2.75) is 33.6 Å². The molecule has 7 heteroatoms. The quantitative estimate of drug-likeness (QED) is 0.775. The summed E-state index contributed by atoms with van der Waals surface area (Å²) >= 11 is 0. The Bertz CT molecular complexity index is 752. The Hall–Kier alpha value is -2.83. The van der Waals surface area contributed by atoms with Gasteiger partial charge in [0.25, 0.3) is 5.91 Å². The smallest absolute Gasteiger partial charge is 0.344 e. The second-order valence-corrected chi connectivity index (χ2v) is 6.00. The van der Waals surface area contributed by atoms with E-state index in [0.717, 1.165) is 11.1 Å².